The molecule has 2 heterocycles. The minimum Gasteiger partial charge on any atom is -0.353 e. The quantitative estimate of drug-likeness (QED) is 0.731. The number of anilines is 1. The van der Waals surface area contributed by atoms with Gasteiger partial charge < -0.3 is 15.5 Å². The van der Waals surface area contributed by atoms with Crippen LogP contribution in [0.5, 0.6) is 0 Å². The molecular weight excluding hydrogens is 354 g/mol. The van der Waals surface area contributed by atoms with Crippen LogP contribution in [0.2, 0.25) is 0 Å². The minimum atomic E-state index is -0.341. The average molecular weight is 388 g/mol. The molecule has 2 unspecified atom stereocenters. The molecule has 2 fully saturated rings. The smallest absolute Gasteiger partial charge is 0.225 e. The van der Waals surface area contributed by atoms with Gasteiger partial charge in [-0.3, -0.25) is 4.79 Å². The van der Waals surface area contributed by atoms with Gasteiger partial charge in [-0.15, -0.1) is 0 Å². The first kappa shape index (κ1) is 20.1. The standard InChI is InChI=1S/C22H33N3OS/c1-14-9-10-15(2)19(11-14)24-21(27)25-17-7-6-8-18(25)13-16(12-17)23-20(26)22(3,4)5/h9-11,16-18H,6-8,12-13H2,1-5H3,(H,23,26)(H,24,27). The minimum absolute atomic E-state index is 0.148. The number of carbonyl (C=O) groups excluding carboxylic acids is 1. The second-order valence-corrected chi connectivity index (χ2v) is 9.67. The summed E-state index contributed by atoms with van der Waals surface area (Å²) in [5, 5.41) is 7.62. The summed E-state index contributed by atoms with van der Waals surface area (Å²) in [7, 11) is 0. The van der Waals surface area contributed by atoms with E-state index < -0.39 is 0 Å². The Morgan fingerprint density at radius 3 is 2.37 bits per heavy atom. The zero-order valence-electron chi connectivity index (χ0n) is 17.3. The first-order chi connectivity index (χ1) is 12.6. The number of nitrogens with zero attached hydrogens (tertiary/aromatic N) is 1. The van der Waals surface area contributed by atoms with Crippen LogP contribution in [0.25, 0.3) is 0 Å². The predicted octanol–water partition coefficient (Wildman–Crippen LogP) is 4.55. The number of nitrogens with one attached hydrogen (secondary N) is 2. The largest absolute Gasteiger partial charge is 0.353 e. The number of fused-ring (bicyclic) bond motifs is 2. The van der Waals surface area contributed by atoms with Crippen molar-refractivity contribution in [3.05, 3.63) is 29.3 Å². The maximum atomic E-state index is 12.4. The van der Waals surface area contributed by atoms with Gasteiger partial charge in [-0.1, -0.05) is 32.9 Å². The Morgan fingerprint density at radius 2 is 1.78 bits per heavy atom. The lowest BCUT2D eigenvalue weighted by Gasteiger charge is -2.50. The number of aryl methyl sites for hydroxylation is 2. The van der Waals surface area contributed by atoms with E-state index in [9.17, 15) is 4.79 Å². The molecule has 4 nitrogen and oxygen atoms in total. The van der Waals surface area contributed by atoms with Gasteiger partial charge in [0.15, 0.2) is 5.11 Å². The van der Waals surface area contributed by atoms with E-state index >= 15 is 0 Å². The van der Waals surface area contributed by atoms with Gasteiger partial charge in [0.1, 0.15) is 0 Å². The summed E-state index contributed by atoms with van der Waals surface area (Å²) in [6, 6.07) is 7.50. The van der Waals surface area contributed by atoms with Crippen LogP contribution in [0.4, 0.5) is 5.69 Å². The topological polar surface area (TPSA) is 44.4 Å². The maximum Gasteiger partial charge on any atom is 0.225 e. The molecule has 27 heavy (non-hydrogen) atoms. The number of hydrogen-bond acceptors (Lipinski definition) is 2. The number of amides is 1. The Morgan fingerprint density at radius 1 is 1.15 bits per heavy atom. The van der Waals surface area contributed by atoms with E-state index in [4.69, 9.17) is 12.2 Å². The van der Waals surface area contributed by atoms with Crippen LogP contribution in [0.15, 0.2) is 18.2 Å². The van der Waals surface area contributed by atoms with Gasteiger partial charge in [0.05, 0.1) is 0 Å². The van der Waals surface area contributed by atoms with Gasteiger partial charge in [0, 0.05) is 29.2 Å². The highest BCUT2D eigenvalue weighted by Gasteiger charge is 2.40. The number of hydrogen-bond donors (Lipinski definition) is 2. The summed E-state index contributed by atoms with van der Waals surface area (Å²) in [6.45, 7) is 10.1. The first-order valence-electron chi connectivity index (χ1n) is 10.1. The number of thiocarbonyl (C=S) groups is 1. The third-order valence-corrected chi connectivity index (χ3v) is 6.17. The first-order valence-corrected chi connectivity index (χ1v) is 10.5. The Bertz CT molecular complexity index is 711. The molecule has 2 aliphatic rings. The van der Waals surface area contributed by atoms with Gasteiger partial charge in [0.2, 0.25) is 5.91 Å². The van der Waals surface area contributed by atoms with Crippen LogP contribution in [0.3, 0.4) is 0 Å². The highest BCUT2D eigenvalue weighted by Crippen LogP contribution is 2.35. The van der Waals surface area contributed by atoms with Crippen LogP contribution in [0.1, 0.15) is 64.0 Å². The third kappa shape index (κ3) is 4.63. The van der Waals surface area contributed by atoms with E-state index in [2.05, 4.69) is 47.6 Å². The molecule has 2 aliphatic heterocycles. The summed E-state index contributed by atoms with van der Waals surface area (Å²) in [5.74, 6) is 0.148. The van der Waals surface area contributed by atoms with Gasteiger partial charge >= 0.3 is 0 Å². The highest BCUT2D eigenvalue weighted by molar-refractivity contribution is 7.80. The number of rotatable bonds is 2. The van der Waals surface area contributed by atoms with Crippen LogP contribution in [0, 0.1) is 19.3 Å². The van der Waals surface area contributed by atoms with Crippen molar-refractivity contribution >= 4 is 28.9 Å². The maximum absolute atomic E-state index is 12.4. The Balaban J connectivity index is 1.69. The van der Waals surface area contributed by atoms with Gasteiger partial charge in [-0.2, -0.15) is 0 Å². The van der Waals surface area contributed by atoms with Crippen LogP contribution in [-0.4, -0.2) is 34.0 Å². The average Bonchev–Trinajstić information content (AvgIpc) is 2.56. The molecule has 3 rings (SSSR count). The van der Waals surface area contributed by atoms with Crippen molar-refractivity contribution in [1.82, 2.24) is 10.2 Å². The lowest BCUT2D eigenvalue weighted by atomic mass is 9.81. The fraction of sp³-hybridized carbons (Fsp3) is 0.636. The zero-order valence-corrected chi connectivity index (χ0v) is 18.1. The van der Waals surface area contributed by atoms with Gasteiger partial charge in [-0.25, -0.2) is 0 Å². The second-order valence-electron chi connectivity index (χ2n) is 9.29. The summed E-state index contributed by atoms with van der Waals surface area (Å²) in [6.07, 6.45) is 5.50. The molecule has 2 bridgehead atoms. The fourth-order valence-corrected chi connectivity index (χ4v) is 4.69. The summed E-state index contributed by atoms with van der Waals surface area (Å²) < 4.78 is 0. The van der Waals surface area contributed by atoms with Gasteiger partial charge in [-0.05, 0) is 75.4 Å². The molecule has 148 valence electrons. The van der Waals surface area contributed by atoms with E-state index in [0.29, 0.717) is 12.1 Å². The van der Waals surface area contributed by atoms with Crippen molar-refractivity contribution in [3.63, 3.8) is 0 Å². The van der Waals surface area contributed by atoms with E-state index in [1.807, 2.05) is 20.8 Å². The van der Waals surface area contributed by atoms with Crippen molar-refractivity contribution in [2.75, 3.05) is 5.32 Å². The Labute approximate surface area is 169 Å². The molecule has 5 heteroatoms. The molecule has 0 radical (unpaired) electrons. The van der Waals surface area contributed by atoms with Crippen LogP contribution >= 0.6 is 12.2 Å². The van der Waals surface area contributed by atoms with Crippen LogP contribution in [-0.2, 0) is 4.79 Å². The normalized spacial score (nSPS) is 25.1. The highest BCUT2D eigenvalue weighted by atomic mass is 32.1. The van der Waals surface area contributed by atoms with Gasteiger partial charge in [0.25, 0.3) is 0 Å². The molecular formula is C22H33N3OS. The zero-order chi connectivity index (χ0) is 19.8. The molecule has 0 saturated carbocycles. The molecule has 2 atom stereocenters. The molecule has 1 aromatic carbocycles. The lowest BCUT2D eigenvalue weighted by molar-refractivity contribution is -0.129. The van der Waals surface area contributed by atoms with Crippen molar-refractivity contribution in [2.45, 2.75) is 84.8 Å². The van der Waals surface area contributed by atoms with Crippen molar-refractivity contribution < 1.29 is 4.79 Å². The fourth-order valence-electron chi connectivity index (χ4n) is 4.28. The summed E-state index contributed by atoms with van der Waals surface area (Å²) >= 11 is 5.83. The number of carbonyl (C=O) groups is 1. The summed E-state index contributed by atoms with van der Waals surface area (Å²) in [5.41, 5.74) is 3.20. The molecule has 1 aromatic rings. The van der Waals surface area contributed by atoms with E-state index in [1.165, 1.54) is 17.5 Å². The van der Waals surface area contributed by atoms with Crippen molar-refractivity contribution in [3.8, 4) is 0 Å². The van der Waals surface area contributed by atoms with Crippen LogP contribution < -0.4 is 10.6 Å². The molecule has 0 aliphatic carbocycles. The van der Waals surface area contributed by atoms with E-state index in [1.54, 1.807) is 0 Å². The SMILES string of the molecule is Cc1ccc(C)c(NC(=S)N2C3CCCC2CC(NC(=O)C(C)(C)C)C3)c1. The monoisotopic (exact) mass is 387 g/mol. The molecule has 0 spiro atoms. The Hall–Kier alpha value is -1.62. The molecule has 1 amide bonds. The third-order valence-electron chi connectivity index (χ3n) is 5.86. The lowest BCUT2D eigenvalue weighted by Crippen LogP contribution is -2.60. The molecule has 2 saturated heterocycles. The van der Waals surface area contributed by atoms with Crippen molar-refractivity contribution in [2.24, 2.45) is 5.41 Å². The van der Waals surface area contributed by atoms with E-state index in [-0.39, 0.29) is 17.4 Å². The Kier molecular flexibility index (Phi) is 5.80. The van der Waals surface area contributed by atoms with E-state index in [0.717, 1.165) is 36.5 Å². The molecule has 2 N–H and O–H groups in total. The predicted molar refractivity (Wildman–Crippen MR) is 116 cm³/mol. The number of benzene rings is 1. The molecule has 0 aromatic heterocycles. The second kappa shape index (κ2) is 7.78. The van der Waals surface area contributed by atoms with Crippen molar-refractivity contribution in [1.29, 1.82) is 0 Å². The summed E-state index contributed by atoms with van der Waals surface area (Å²) in [4.78, 5) is 14.8. The number of piperidine rings is 2.